The van der Waals surface area contributed by atoms with E-state index >= 15 is 0 Å². The molecule has 0 saturated carbocycles. The van der Waals surface area contributed by atoms with Gasteiger partial charge in [0.05, 0.1) is 13.4 Å². The van der Waals surface area contributed by atoms with Crippen molar-refractivity contribution < 1.29 is 29.5 Å². The van der Waals surface area contributed by atoms with Crippen molar-refractivity contribution in [2.75, 3.05) is 19.5 Å². The van der Waals surface area contributed by atoms with Crippen molar-refractivity contribution >= 4 is 17.0 Å². The topological polar surface area (TPSA) is 147 Å². The van der Waals surface area contributed by atoms with Crippen molar-refractivity contribution in [3.05, 3.63) is 42.5 Å². The Kier molecular flexibility index (Phi) is 5.56. The zero-order valence-electron chi connectivity index (χ0n) is 15.6. The Bertz CT molecular complexity index is 982. The zero-order valence-corrected chi connectivity index (χ0v) is 15.6. The summed E-state index contributed by atoms with van der Waals surface area (Å²) < 4.78 is 12.4. The third kappa shape index (κ3) is 3.86. The van der Waals surface area contributed by atoms with Crippen LogP contribution in [-0.4, -0.2) is 61.8 Å². The molecule has 0 radical (unpaired) electrons. The summed E-state index contributed by atoms with van der Waals surface area (Å²) in [5, 5.41) is 20.7. The Labute approximate surface area is 165 Å². The zero-order chi connectivity index (χ0) is 20.4. The fourth-order valence-corrected chi connectivity index (χ4v) is 3.14. The Morgan fingerprint density at radius 3 is 2.86 bits per heavy atom. The third-order valence-electron chi connectivity index (χ3n) is 4.67. The number of benzene rings is 1. The molecule has 0 amide bonds. The van der Waals surface area contributed by atoms with E-state index < -0.39 is 24.5 Å². The summed E-state index contributed by atoms with van der Waals surface area (Å²) in [6.45, 7) is 0.108. The predicted octanol–water partition coefficient (Wildman–Crippen LogP) is 0.185. The minimum atomic E-state index is -1.21. The van der Waals surface area contributed by atoms with Crippen molar-refractivity contribution in [3.63, 3.8) is 0 Å². The first-order valence-corrected chi connectivity index (χ1v) is 8.90. The number of hydrogen-bond donors (Lipinski definition) is 3. The van der Waals surface area contributed by atoms with E-state index in [9.17, 15) is 10.2 Å². The number of fused-ring (bicyclic) bond motifs is 1. The molecule has 154 valence electrons. The lowest BCUT2D eigenvalue weighted by Crippen LogP contribution is -2.33. The van der Waals surface area contributed by atoms with Gasteiger partial charge in [0.15, 0.2) is 17.7 Å². The number of methoxy groups -OCH3 is 1. The van der Waals surface area contributed by atoms with Crippen LogP contribution in [0.3, 0.4) is 0 Å². The maximum atomic E-state index is 10.4. The van der Waals surface area contributed by atoms with Crippen LogP contribution >= 0.6 is 0 Å². The minimum Gasteiger partial charge on any atom is -0.497 e. The molecule has 2 aromatic heterocycles. The van der Waals surface area contributed by atoms with Crippen molar-refractivity contribution in [3.8, 4) is 5.75 Å². The molecule has 3 heterocycles. The van der Waals surface area contributed by atoms with E-state index in [2.05, 4.69) is 15.0 Å². The van der Waals surface area contributed by atoms with Crippen LogP contribution in [0.1, 0.15) is 11.8 Å². The number of nitrogens with zero attached hydrogens (tertiary/aromatic N) is 4. The minimum absolute atomic E-state index is 0.0809. The maximum absolute atomic E-state index is 10.4. The molecule has 1 saturated heterocycles. The normalized spacial score (nSPS) is 24.2. The molecule has 11 nitrogen and oxygen atoms in total. The Balaban J connectivity index is 1.36. The molecule has 4 N–H and O–H groups in total. The highest BCUT2D eigenvalue weighted by Crippen LogP contribution is 2.32. The molecular formula is C18H21N5O6. The molecule has 1 aliphatic rings. The summed E-state index contributed by atoms with van der Waals surface area (Å²) in [4.78, 5) is 22.5. The Hall–Kier alpha value is -2.83. The van der Waals surface area contributed by atoms with Crippen molar-refractivity contribution in [1.29, 1.82) is 0 Å². The predicted molar refractivity (Wildman–Crippen MR) is 99.4 cm³/mol. The van der Waals surface area contributed by atoms with E-state index in [-0.39, 0.29) is 19.0 Å². The van der Waals surface area contributed by atoms with Gasteiger partial charge in [-0.05, 0) is 17.7 Å². The lowest BCUT2D eigenvalue weighted by atomic mass is 10.1. The number of aliphatic hydroxyl groups excluding tert-OH is 2. The molecule has 4 atom stereocenters. The lowest BCUT2D eigenvalue weighted by Gasteiger charge is -2.16. The first kappa shape index (κ1) is 19.5. The molecule has 1 fully saturated rings. The average Bonchev–Trinajstić information content (AvgIpc) is 3.28. The van der Waals surface area contributed by atoms with Gasteiger partial charge in [0.25, 0.3) is 0 Å². The maximum Gasteiger partial charge on any atom is 0.167 e. The molecule has 3 aromatic rings. The molecular weight excluding hydrogens is 382 g/mol. The lowest BCUT2D eigenvalue weighted by molar-refractivity contribution is -0.318. The molecule has 0 bridgehead atoms. The molecule has 0 unspecified atom stereocenters. The van der Waals surface area contributed by atoms with Gasteiger partial charge >= 0.3 is 0 Å². The molecule has 4 rings (SSSR count). The second kappa shape index (κ2) is 8.27. The highest BCUT2D eigenvalue weighted by Gasteiger charge is 2.44. The van der Waals surface area contributed by atoms with Crippen molar-refractivity contribution in [2.24, 2.45) is 0 Å². The summed E-state index contributed by atoms with van der Waals surface area (Å²) in [6, 6.07) is 7.35. The summed E-state index contributed by atoms with van der Waals surface area (Å²) in [7, 11) is 1.58. The molecule has 11 heteroatoms. The standard InChI is InChI=1S/C18H21N5O6/c1-26-11-4-2-3-10(5-11)6-27-28-7-12-14(24)15(25)18(29-12)23-9-22-13-16(19)20-8-21-17(13)23/h2-5,8-9,12,14-15,18,24-25H,6-7H2,1H3,(H2,19,20,21)/t12-,14-,15-,18-/m1/s1. The van der Waals surface area contributed by atoms with Gasteiger partial charge in [-0.25, -0.2) is 24.7 Å². The van der Waals surface area contributed by atoms with Crippen molar-refractivity contribution in [1.82, 2.24) is 19.5 Å². The first-order valence-electron chi connectivity index (χ1n) is 8.90. The second-order valence-electron chi connectivity index (χ2n) is 6.53. The van der Waals surface area contributed by atoms with Crippen LogP contribution in [0, 0.1) is 0 Å². The summed E-state index contributed by atoms with van der Waals surface area (Å²) in [6.07, 6.45) is -1.39. The number of hydrogen-bond acceptors (Lipinski definition) is 10. The molecule has 1 aliphatic heterocycles. The molecule has 0 aliphatic carbocycles. The smallest absolute Gasteiger partial charge is 0.167 e. The van der Waals surface area contributed by atoms with Gasteiger partial charge in [-0.3, -0.25) is 4.57 Å². The Morgan fingerprint density at radius 1 is 1.17 bits per heavy atom. The number of ether oxygens (including phenoxy) is 2. The summed E-state index contributed by atoms with van der Waals surface area (Å²) in [5.74, 6) is 0.927. The second-order valence-corrected chi connectivity index (χ2v) is 6.53. The summed E-state index contributed by atoms with van der Waals surface area (Å²) >= 11 is 0. The van der Waals surface area contributed by atoms with Crippen LogP contribution in [0.25, 0.3) is 11.2 Å². The van der Waals surface area contributed by atoms with Gasteiger partial charge in [-0.1, -0.05) is 12.1 Å². The SMILES string of the molecule is COc1cccc(COOC[C@H]2O[C@@H](n3cnc4c(N)ncnc43)[C@H](O)[C@@H]2O)c1. The first-order chi connectivity index (χ1) is 14.1. The average molecular weight is 403 g/mol. The van der Waals surface area contributed by atoms with Crippen LogP contribution in [0.4, 0.5) is 5.82 Å². The number of nitrogen functional groups attached to an aromatic ring is 1. The molecule has 29 heavy (non-hydrogen) atoms. The van der Waals surface area contributed by atoms with Crippen LogP contribution in [0.2, 0.25) is 0 Å². The fraction of sp³-hybridized carbons (Fsp3) is 0.389. The van der Waals surface area contributed by atoms with E-state index in [1.807, 2.05) is 24.3 Å². The van der Waals surface area contributed by atoms with Crippen LogP contribution < -0.4 is 10.5 Å². The van der Waals surface area contributed by atoms with E-state index in [1.165, 1.54) is 17.2 Å². The van der Waals surface area contributed by atoms with E-state index in [1.54, 1.807) is 7.11 Å². The number of rotatable bonds is 7. The molecule has 1 aromatic carbocycles. The van der Waals surface area contributed by atoms with Gasteiger partial charge in [0.1, 0.15) is 49.1 Å². The van der Waals surface area contributed by atoms with Gasteiger partial charge in [0.2, 0.25) is 0 Å². The highest BCUT2D eigenvalue weighted by molar-refractivity contribution is 5.81. The van der Waals surface area contributed by atoms with Gasteiger partial charge in [0, 0.05) is 0 Å². The van der Waals surface area contributed by atoms with Gasteiger partial charge in [-0.15, -0.1) is 0 Å². The quantitative estimate of drug-likeness (QED) is 0.284. The number of nitrogens with two attached hydrogens (primary N) is 1. The molecule has 0 spiro atoms. The number of aliphatic hydroxyl groups is 2. The third-order valence-corrected chi connectivity index (χ3v) is 4.67. The fourth-order valence-electron chi connectivity index (χ4n) is 3.14. The van der Waals surface area contributed by atoms with Crippen LogP contribution in [0.5, 0.6) is 5.75 Å². The van der Waals surface area contributed by atoms with Gasteiger partial charge < -0.3 is 25.4 Å². The van der Waals surface area contributed by atoms with Gasteiger partial charge in [-0.2, -0.15) is 0 Å². The Morgan fingerprint density at radius 2 is 2.03 bits per heavy atom. The number of anilines is 1. The van der Waals surface area contributed by atoms with E-state index in [4.69, 9.17) is 25.0 Å². The summed E-state index contributed by atoms with van der Waals surface area (Å²) in [5.41, 5.74) is 7.42. The monoisotopic (exact) mass is 403 g/mol. The van der Waals surface area contributed by atoms with Crippen LogP contribution in [-0.2, 0) is 21.1 Å². The van der Waals surface area contributed by atoms with E-state index in [0.717, 1.165) is 5.56 Å². The highest BCUT2D eigenvalue weighted by atomic mass is 17.2. The number of aromatic nitrogens is 4. The van der Waals surface area contributed by atoms with Crippen LogP contribution in [0.15, 0.2) is 36.9 Å². The largest absolute Gasteiger partial charge is 0.497 e. The van der Waals surface area contributed by atoms with Crippen molar-refractivity contribution in [2.45, 2.75) is 31.1 Å². The number of imidazole rings is 1. The van der Waals surface area contributed by atoms with E-state index in [0.29, 0.717) is 16.9 Å².